The Balaban J connectivity index is 1.85. The molecule has 2 aromatic rings. The molecule has 19 heavy (non-hydrogen) atoms. The van der Waals surface area contributed by atoms with Crippen LogP contribution >= 0.6 is 0 Å². The zero-order valence-corrected chi connectivity index (χ0v) is 10.4. The lowest BCUT2D eigenvalue weighted by Gasteiger charge is -2.09. The van der Waals surface area contributed by atoms with Crippen LogP contribution in [0, 0.1) is 0 Å². The van der Waals surface area contributed by atoms with Crippen molar-refractivity contribution < 1.29 is 0 Å². The van der Waals surface area contributed by atoms with Gasteiger partial charge in [-0.1, -0.05) is 18.2 Å². The lowest BCUT2D eigenvalue weighted by Crippen LogP contribution is -2.04. The SMILES string of the molecule is Nc1nc(N)c2cc(NCC3=CC=CC3)ccc2n1. The third kappa shape index (κ3) is 2.35. The highest BCUT2D eigenvalue weighted by Crippen LogP contribution is 2.23. The summed E-state index contributed by atoms with van der Waals surface area (Å²) in [5.41, 5.74) is 14.6. The molecular formula is C14H15N5. The van der Waals surface area contributed by atoms with E-state index in [9.17, 15) is 0 Å². The van der Waals surface area contributed by atoms with Crippen LogP contribution in [0.4, 0.5) is 17.5 Å². The van der Waals surface area contributed by atoms with Crippen molar-refractivity contribution in [2.75, 3.05) is 23.3 Å². The minimum Gasteiger partial charge on any atom is -0.383 e. The number of hydrogen-bond donors (Lipinski definition) is 3. The predicted molar refractivity (Wildman–Crippen MR) is 78.7 cm³/mol. The molecule has 0 saturated heterocycles. The summed E-state index contributed by atoms with van der Waals surface area (Å²) in [6.45, 7) is 0.828. The summed E-state index contributed by atoms with van der Waals surface area (Å²) in [7, 11) is 0. The summed E-state index contributed by atoms with van der Waals surface area (Å²) in [5.74, 6) is 0.612. The van der Waals surface area contributed by atoms with Crippen LogP contribution < -0.4 is 16.8 Å². The number of rotatable bonds is 3. The van der Waals surface area contributed by atoms with E-state index >= 15 is 0 Å². The number of fused-ring (bicyclic) bond motifs is 1. The molecule has 0 bridgehead atoms. The van der Waals surface area contributed by atoms with Gasteiger partial charge in [0.2, 0.25) is 5.95 Å². The van der Waals surface area contributed by atoms with E-state index in [1.165, 1.54) is 5.57 Å². The second kappa shape index (κ2) is 4.61. The maximum Gasteiger partial charge on any atom is 0.222 e. The molecule has 5 nitrogen and oxygen atoms in total. The van der Waals surface area contributed by atoms with Crippen molar-refractivity contribution in [1.82, 2.24) is 9.97 Å². The number of benzene rings is 1. The molecule has 0 radical (unpaired) electrons. The third-order valence-corrected chi connectivity index (χ3v) is 3.11. The standard InChI is InChI=1S/C14H15N5/c15-13-11-7-10(17-8-9-3-1-2-4-9)5-6-12(11)18-14(16)19-13/h1-3,5-7,17H,4,8H2,(H4,15,16,18,19). The molecule has 3 rings (SSSR count). The molecular weight excluding hydrogens is 238 g/mol. The van der Waals surface area contributed by atoms with Gasteiger partial charge in [0.1, 0.15) is 5.82 Å². The molecule has 1 aromatic heterocycles. The van der Waals surface area contributed by atoms with E-state index in [-0.39, 0.29) is 5.95 Å². The van der Waals surface area contributed by atoms with E-state index in [1.807, 2.05) is 18.2 Å². The van der Waals surface area contributed by atoms with Crippen molar-refractivity contribution in [2.45, 2.75) is 6.42 Å². The molecule has 0 atom stereocenters. The summed E-state index contributed by atoms with van der Waals surface area (Å²) in [4.78, 5) is 8.13. The van der Waals surface area contributed by atoms with Crippen molar-refractivity contribution in [2.24, 2.45) is 0 Å². The molecule has 1 aromatic carbocycles. The number of nitrogens with one attached hydrogen (secondary N) is 1. The normalized spacial score (nSPS) is 13.8. The Morgan fingerprint density at radius 1 is 1.21 bits per heavy atom. The van der Waals surface area contributed by atoms with Crippen LogP contribution in [0.1, 0.15) is 6.42 Å². The molecule has 0 fully saturated rings. The Labute approximate surface area is 111 Å². The molecule has 1 aliphatic rings. The Morgan fingerprint density at radius 3 is 2.89 bits per heavy atom. The van der Waals surface area contributed by atoms with Crippen molar-refractivity contribution in [1.29, 1.82) is 0 Å². The largest absolute Gasteiger partial charge is 0.383 e. The van der Waals surface area contributed by atoms with Crippen LogP contribution in [-0.2, 0) is 0 Å². The van der Waals surface area contributed by atoms with Crippen molar-refractivity contribution >= 4 is 28.4 Å². The van der Waals surface area contributed by atoms with Gasteiger partial charge in [-0.15, -0.1) is 0 Å². The first-order valence-electron chi connectivity index (χ1n) is 6.13. The van der Waals surface area contributed by atoms with E-state index < -0.39 is 0 Å². The quantitative estimate of drug-likeness (QED) is 0.779. The molecule has 0 spiro atoms. The molecule has 0 unspecified atom stereocenters. The van der Waals surface area contributed by atoms with Gasteiger partial charge in [0.05, 0.1) is 5.52 Å². The van der Waals surface area contributed by atoms with Crippen LogP contribution in [0.2, 0.25) is 0 Å². The number of allylic oxidation sites excluding steroid dienone is 3. The molecule has 1 heterocycles. The minimum absolute atomic E-state index is 0.202. The highest BCUT2D eigenvalue weighted by Gasteiger charge is 2.05. The number of hydrogen-bond acceptors (Lipinski definition) is 5. The molecule has 1 aliphatic carbocycles. The van der Waals surface area contributed by atoms with Gasteiger partial charge in [0.15, 0.2) is 0 Å². The molecule has 0 amide bonds. The van der Waals surface area contributed by atoms with Gasteiger partial charge in [-0.05, 0) is 30.2 Å². The number of aromatic nitrogens is 2. The average molecular weight is 253 g/mol. The van der Waals surface area contributed by atoms with Gasteiger partial charge in [0, 0.05) is 17.6 Å². The molecule has 0 aliphatic heterocycles. The Bertz CT molecular complexity index is 688. The predicted octanol–water partition coefficient (Wildman–Crippen LogP) is 2.09. The van der Waals surface area contributed by atoms with E-state index in [1.54, 1.807) is 0 Å². The first-order chi connectivity index (χ1) is 9.22. The van der Waals surface area contributed by atoms with Crippen molar-refractivity contribution in [3.8, 4) is 0 Å². The summed E-state index contributed by atoms with van der Waals surface area (Å²) in [6, 6.07) is 5.82. The lowest BCUT2D eigenvalue weighted by atomic mass is 10.2. The zero-order valence-electron chi connectivity index (χ0n) is 10.4. The van der Waals surface area contributed by atoms with Gasteiger partial charge < -0.3 is 16.8 Å². The molecule has 96 valence electrons. The van der Waals surface area contributed by atoms with Gasteiger partial charge >= 0.3 is 0 Å². The van der Waals surface area contributed by atoms with Crippen LogP contribution in [0.25, 0.3) is 10.9 Å². The van der Waals surface area contributed by atoms with Crippen molar-refractivity contribution in [3.63, 3.8) is 0 Å². The van der Waals surface area contributed by atoms with E-state index in [0.29, 0.717) is 5.82 Å². The number of nitrogens with two attached hydrogens (primary N) is 2. The van der Waals surface area contributed by atoms with Crippen LogP contribution in [-0.4, -0.2) is 16.5 Å². The third-order valence-electron chi connectivity index (χ3n) is 3.11. The molecule has 0 saturated carbocycles. The highest BCUT2D eigenvalue weighted by molar-refractivity contribution is 5.91. The van der Waals surface area contributed by atoms with E-state index in [2.05, 4.69) is 33.5 Å². The second-order valence-electron chi connectivity index (χ2n) is 4.51. The topological polar surface area (TPSA) is 89.8 Å². The fourth-order valence-corrected chi connectivity index (χ4v) is 2.12. The van der Waals surface area contributed by atoms with Gasteiger partial charge in [-0.3, -0.25) is 0 Å². The maximum absolute atomic E-state index is 5.86. The van der Waals surface area contributed by atoms with Gasteiger partial charge in [-0.2, -0.15) is 4.98 Å². The van der Waals surface area contributed by atoms with E-state index in [0.717, 1.165) is 29.6 Å². The second-order valence-corrected chi connectivity index (χ2v) is 4.51. The lowest BCUT2D eigenvalue weighted by molar-refractivity contribution is 1.14. The summed E-state index contributed by atoms with van der Waals surface area (Å²) in [6.07, 6.45) is 7.37. The monoisotopic (exact) mass is 253 g/mol. The van der Waals surface area contributed by atoms with Crippen LogP contribution in [0.5, 0.6) is 0 Å². The Morgan fingerprint density at radius 2 is 2.11 bits per heavy atom. The first-order valence-corrected chi connectivity index (χ1v) is 6.13. The fourth-order valence-electron chi connectivity index (χ4n) is 2.12. The Kier molecular flexibility index (Phi) is 2.79. The van der Waals surface area contributed by atoms with E-state index in [4.69, 9.17) is 11.5 Å². The fraction of sp³-hybridized carbons (Fsp3) is 0.143. The average Bonchev–Trinajstić information content (AvgIpc) is 2.89. The highest BCUT2D eigenvalue weighted by atomic mass is 15.0. The molecule has 5 N–H and O–H groups in total. The van der Waals surface area contributed by atoms with Crippen LogP contribution in [0.3, 0.4) is 0 Å². The number of nitrogen functional groups attached to an aromatic ring is 2. The zero-order chi connectivity index (χ0) is 13.2. The summed E-state index contributed by atoms with van der Waals surface area (Å²) in [5, 5.41) is 4.19. The number of nitrogens with zero attached hydrogens (tertiary/aromatic N) is 2. The summed E-state index contributed by atoms with van der Waals surface area (Å²) >= 11 is 0. The van der Waals surface area contributed by atoms with Crippen LogP contribution in [0.15, 0.2) is 42.0 Å². The van der Waals surface area contributed by atoms with Gasteiger partial charge in [-0.25, -0.2) is 4.98 Å². The number of anilines is 3. The first kappa shape index (κ1) is 11.5. The van der Waals surface area contributed by atoms with Gasteiger partial charge in [0.25, 0.3) is 0 Å². The molecule has 5 heteroatoms. The Hall–Kier alpha value is -2.56. The van der Waals surface area contributed by atoms with Crippen molar-refractivity contribution in [3.05, 3.63) is 42.0 Å². The minimum atomic E-state index is 0.202. The smallest absolute Gasteiger partial charge is 0.222 e. The summed E-state index contributed by atoms with van der Waals surface area (Å²) < 4.78 is 0. The maximum atomic E-state index is 5.86.